The minimum atomic E-state index is -0.381. The second kappa shape index (κ2) is 7.79. The van der Waals surface area contributed by atoms with Crippen molar-refractivity contribution in [3.05, 3.63) is 53.4 Å². The number of hydrogen-bond acceptors (Lipinski definition) is 4. The van der Waals surface area contributed by atoms with Crippen molar-refractivity contribution in [1.29, 1.82) is 0 Å². The number of carbonyl (C=O) groups excluding carboxylic acids is 2. The fourth-order valence-corrected chi connectivity index (χ4v) is 2.05. The zero-order chi connectivity index (χ0) is 18.4. The third kappa shape index (κ3) is 5.31. The van der Waals surface area contributed by atoms with Crippen LogP contribution < -0.4 is 5.32 Å². The first-order valence-electron chi connectivity index (χ1n) is 8.11. The van der Waals surface area contributed by atoms with Crippen LogP contribution >= 0.6 is 0 Å². The van der Waals surface area contributed by atoms with Gasteiger partial charge in [-0.25, -0.2) is 4.79 Å². The fraction of sp³-hybridized carbons (Fsp3) is 0.316. The Morgan fingerprint density at radius 2 is 1.92 bits per heavy atom. The molecule has 1 heterocycles. The van der Waals surface area contributed by atoms with Crippen LogP contribution in [0.25, 0.3) is 6.08 Å². The second-order valence-electron chi connectivity index (χ2n) is 6.58. The Kier molecular flexibility index (Phi) is 5.75. The lowest BCUT2D eigenvalue weighted by molar-refractivity contribution is -0.137. The molecule has 1 aromatic heterocycles. The molecule has 2 aromatic rings. The highest BCUT2D eigenvalue weighted by molar-refractivity contribution is 6.03. The van der Waals surface area contributed by atoms with E-state index in [2.05, 4.69) is 15.5 Å². The quantitative estimate of drug-likeness (QED) is 0.643. The lowest BCUT2D eigenvalue weighted by Gasteiger charge is -2.14. The Morgan fingerprint density at radius 3 is 2.48 bits per heavy atom. The van der Waals surface area contributed by atoms with Gasteiger partial charge in [0.05, 0.1) is 6.61 Å². The van der Waals surface area contributed by atoms with E-state index < -0.39 is 0 Å². The van der Waals surface area contributed by atoms with Crippen LogP contribution in [-0.2, 0) is 14.9 Å². The van der Waals surface area contributed by atoms with Crippen LogP contribution in [0.5, 0.6) is 0 Å². The van der Waals surface area contributed by atoms with Crippen molar-refractivity contribution in [2.45, 2.75) is 33.1 Å². The van der Waals surface area contributed by atoms with Gasteiger partial charge in [-0.15, -0.1) is 0 Å². The number of nitrogens with zero attached hydrogens (tertiary/aromatic N) is 1. The molecule has 0 fully saturated rings. The zero-order valence-electron chi connectivity index (χ0n) is 14.9. The van der Waals surface area contributed by atoms with Gasteiger partial charge in [-0.2, -0.15) is 5.10 Å². The zero-order valence-corrected chi connectivity index (χ0v) is 14.9. The highest BCUT2D eigenvalue weighted by Gasteiger charge is 2.19. The van der Waals surface area contributed by atoms with Gasteiger partial charge in [0, 0.05) is 22.9 Å². The van der Waals surface area contributed by atoms with E-state index in [1.165, 1.54) is 6.08 Å². The predicted octanol–water partition coefficient (Wildman–Crippen LogP) is 3.54. The number of aromatic amines is 1. The maximum absolute atomic E-state index is 12.3. The number of carbonyl (C=O) groups is 2. The van der Waals surface area contributed by atoms with Crippen LogP contribution in [0.4, 0.5) is 5.69 Å². The smallest absolute Gasteiger partial charge is 0.330 e. The van der Waals surface area contributed by atoms with Crippen molar-refractivity contribution < 1.29 is 14.3 Å². The number of benzene rings is 1. The molecule has 132 valence electrons. The number of aromatic nitrogens is 2. The molecule has 6 heteroatoms. The van der Waals surface area contributed by atoms with Crippen molar-refractivity contribution in [2.24, 2.45) is 0 Å². The molecule has 0 radical (unpaired) electrons. The maximum atomic E-state index is 12.3. The molecule has 0 aliphatic heterocycles. The summed E-state index contributed by atoms with van der Waals surface area (Å²) in [6.07, 6.45) is 3.03. The first kappa shape index (κ1) is 18.4. The molecule has 6 nitrogen and oxygen atoms in total. The molecule has 0 bridgehead atoms. The van der Waals surface area contributed by atoms with E-state index >= 15 is 0 Å². The molecule has 0 unspecified atom stereocenters. The number of rotatable bonds is 5. The Labute approximate surface area is 147 Å². The molecule has 0 saturated carbocycles. The van der Waals surface area contributed by atoms with Crippen molar-refractivity contribution in [2.75, 3.05) is 11.9 Å². The number of hydrogen-bond donors (Lipinski definition) is 2. The summed E-state index contributed by atoms with van der Waals surface area (Å²) in [6, 6.07) is 8.89. The van der Waals surface area contributed by atoms with Crippen molar-refractivity contribution in [3.63, 3.8) is 0 Å². The molecule has 1 amide bonds. The van der Waals surface area contributed by atoms with Crippen LogP contribution in [0.15, 0.2) is 36.4 Å². The van der Waals surface area contributed by atoms with Gasteiger partial charge in [0.25, 0.3) is 5.91 Å². The number of anilines is 1. The maximum Gasteiger partial charge on any atom is 0.330 e. The largest absolute Gasteiger partial charge is 0.463 e. The molecule has 0 aliphatic carbocycles. The fourth-order valence-electron chi connectivity index (χ4n) is 2.05. The van der Waals surface area contributed by atoms with Crippen molar-refractivity contribution in [3.8, 4) is 0 Å². The first-order valence-corrected chi connectivity index (χ1v) is 8.11. The van der Waals surface area contributed by atoms with E-state index in [9.17, 15) is 9.59 Å². The lowest BCUT2D eigenvalue weighted by atomic mass is 9.92. The summed E-state index contributed by atoms with van der Waals surface area (Å²) in [5, 5.41) is 9.76. The topological polar surface area (TPSA) is 84.1 Å². The molecule has 2 N–H and O–H groups in total. The van der Waals surface area contributed by atoms with Crippen LogP contribution in [-0.4, -0.2) is 28.7 Å². The standard InChI is InChI=1S/C19H23N3O3/c1-5-25-17(23)11-8-13-6-9-14(10-7-13)20-18(24)15-12-16(22-21-15)19(2,3)4/h6-12H,5H2,1-4H3,(H,20,24)(H,21,22)/b11-8+. The van der Waals surface area contributed by atoms with E-state index in [-0.39, 0.29) is 17.3 Å². The van der Waals surface area contributed by atoms with Gasteiger partial charge >= 0.3 is 5.97 Å². The highest BCUT2D eigenvalue weighted by Crippen LogP contribution is 2.20. The summed E-state index contributed by atoms with van der Waals surface area (Å²) in [7, 11) is 0. The molecule has 0 spiro atoms. The summed E-state index contributed by atoms with van der Waals surface area (Å²) in [4.78, 5) is 23.5. The Bertz CT molecular complexity index is 768. The van der Waals surface area contributed by atoms with Gasteiger partial charge in [0.2, 0.25) is 0 Å². The predicted molar refractivity (Wildman–Crippen MR) is 97.3 cm³/mol. The average molecular weight is 341 g/mol. The van der Waals surface area contributed by atoms with E-state index in [0.29, 0.717) is 18.0 Å². The number of esters is 1. The van der Waals surface area contributed by atoms with E-state index in [1.807, 2.05) is 20.8 Å². The van der Waals surface area contributed by atoms with Crippen molar-refractivity contribution >= 4 is 23.6 Å². The van der Waals surface area contributed by atoms with Crippen molar-refractivity contribution in [1.82, 2.24) is 10.2 Å². The number of ether oxygens (including phenoxy) is 1. The minimum Gasteiger partial charge on any atom is -0.463 e. The molecule has 0 atom stereocenters. The SMILES string of the molecule is CCOC(=O)/C=C/c1ccc(NC(=O)c2cc(C(C)(C)C)[nH]n2)cc1. The normalized spacial score (nSPS) is 11.5. The van der Waals surface area contributed by atoms with E-state index in [0.717, 1.165) is 11.3 Å². The van der Waals surface area contributed by atoms with Gasteiger partial charge in [-0.05, 0) is 36.8 Å². The Hall–Kier alpha value is -2.89. The Morgan fingerprint density at radius 1 is 1.24 bits per heavy atom. The molecule has 25 heavy (non-hydrogen) atoms. The molecular formula is C19H23N3O3. The van der Waals surface area contributed by atoms with Gasteiger partial charge in [0.15, 0.2) is 5.69 Å². The summed E-state index contributed by atoms with van der Waals surface area (Å²) in [5.74, 6) is -0.658. The van der Waals surface area contributed by atoms with Crippen LogP contribution in [0.3, 0.4) is 0 Å². The summed E-state index contributed by atoms with van der Waals surface area (Å²) in [6.45, 7) is 8.24. The molecular weight excluding hydrogens is 318 g/mol. The highest BCUT2D eigenvalue weighted by atomic mass is 16.5. The summed E-state index contributed by atoms with van der Waals surface area (Å²) in [5.41, 5.74) is 2.63. The average Bonchev–Trinajstić information content (AvgIpc) is 3.05. The number of H-pyrrole nitrogens is 1. The molecule has 2 rings (SSSR count). The van der Waals surface area contributed by atoms with Gasteiger partial charge in [0.1, 0.15) is 0 Å². The first-order chi connectivity index (χ1) is 11.8. The van der Waals surface area contributed by atoms with Crippen LogP contribution in [0.1, 0.15) is 49.4 Å². The van der Waals surface area contributed by atoms with Gasteiger partial charge < -0.3 is 10.1 Å². The van der Waals surface area contributed by atoms with Crippen LogP contribution in [0, 0.1) is 0 Å². The minimum absolute atomic E-state index is 0.0988. The molecule has 1 aromatic carbocycles. The number of amides is 1. The third-order valence-corrected chi connectivity index (χ3v) is 3.49. The second-order valence-corrected chi connectivity index (χ2v) is 6.58. The lowest BCUT2D eigenvalue weighted by Crippen LogP contribution is -2.13. The molecule has 0 aliphatic rings. The van der Waals surface area contributed by atoms with E-state index in [1.54, 1.807) is 43.3 Å². The van der Waals surface area contributed by atoms with E-state index in [4.69, 9.17) is 4.74 Å². The summed E-state index contributed by atoms with van der Waals surface area (Å²) < 4.78 is 4.82. The van der Waals surface area contributed by atoms with Gasteiger partial charge in [-0.1, -0.05) is 32.9 Å². The number of nitrogens with one attached hydrogen (secondary N) is 2. The Balaban J connectivity index is 2.00. The van der Waals surface area contributed by atoms with Gasteiger partial charge in [-0.3, -0.25) is 9.89 Å². The summed E-state index contributed by atoms with van der Waals surface area (Å²) >= 11 is 0. The molecule has 0 saturated heterocycles. The van der Waals surface area contributed by atoms with Crippen LogP contribution in [0.2, 0.25) is 0 Å². The monoisotopic (exact) mass is 341 g/mol. The third-order valence-electron chi connectivity index (χ3n) is 3.49.